The molecule has 0 unspecified atom stereocenters. The van der Waals surface area contributed by atoms with Crippen molar-refractivity contribution in [2.75, 3.05) is 0 Å². The van der Waals surface area contributed by atoms with Crippen molar-refractivity contribution in [2.45, 2.75) is 11.8 Å². The molecule has 0 bridgehead atoms. The molecule has 1 aromatic rings. The van der Waals surface area contributed by atoms with Gasteiger partial charge >= 0.3 is 0 Å². The summed E-state index contributed by atoms with van der Waals surface area (Å²) in [6.07, 6.45) is -2.67. The third kappa shape index (κ3) is 2.37. The van der Waals surface area contributed by atoms with Gasteiger partial charge in [0.05, 0.1) is 5.69 Å². The van der Waals surface area contributed by atoms with Crippen LogP contribution >= 0.6 is 31.9 Å². The Bertz CT molecular complexity index is 364. The number of pyridine rings is 1. The number of hydrogen-bond donors (Lipinski definition) is 1. The van der Waals surface area contributed by atoms with Gasteiger partial charge in [-0.3, -0.25) is 4.79 Å². The summed E-state index contributed by atoms with van der Waals surface area (Å²) < 4.78 is 25.1. The number of alkyl halides is 3. The van der Waals surface area contributed by atoms with E-state index in [9.17, 15) is 13.6 Å². The van der Waals surface area contributed by atoms with Gasteiger partial charge in [0.15, 0.2) is 0 Å². The molecule has 0 spiro atoms. The van der Waals surface area contributed by atoms with Gasteiger partial charge in [-0.05, 0) is 0 Å². The van der Waals surface area contributed by atoms with E-state index >= 15 is 0 Å². The fraction of sp³-hybridized carbons (Fsp3) is 0.286. The van der Waals surface area contributed by atoms with Gasteiger partial charge in [-0.1, -0.05) is 31.9 Å². The fourth-order valence-corrected chi connectivity index (χ4v) is 2.44. The van der Waals surface area contributed by atoms with Crippen LogP contribution in [0, 0.1) is 0 Å². The van der Waals surface area contributed by atoms with Gasteiger partial charge in [0.25, 0.3) is 6.43 Å². The van der Waals surface area contributed by atoms with Crippen LogP contribution in [0.4, 0.5) is 8.78 Å². The summed E-state index contributed by atoms with van der Waals surface area (Å²) in [7, 11) is 0. The number of halogens is 4. The first-order valence-corrected chi connectivity index (χ1v) is 5.23. The van der Waals surface area contributed by atoms with Crippen molar-refractivity contribution < 1.29 is 8.78 Å². The summed E-state index contributed by atoms with van der Waals surface area (Å²) in [6, 6.07) is 1.22. The highest BCUT2D eigenvalue weighted by atomic mass is 79.9. The number of aromatic amines is 1. The van der Waals surface area contributed by atoms with Crippen molar-refractivity contribution in [2.24, 2.45) is 0 Å². The normalized spacial score (nSPS) is 10.8. The summed E-state index contributed by atoms with van der Waals surface area (Å²) >= 11 is 6.11. The van der Waals surface area contributed by atoms with Gasteiger partial charge in [-0.2, -0.15) is 0 Å². The highest BCUT2D eigenvalue weighted by Crippen LogP contribution is 2.26. The minimum absolute atomic E-state index is 0.268. The van der Waals surface area contributed by atoms with Crippen LogP contribution in [-0.4, -0.2) is 4.98 Å². The molecule has 1 aromatic heterocycles. The summed E-state index contributed by atoms with van der Waals surface area (Å²) in [4.78, 5) is 13.0. The Morgan fingerprint density at radius 3 is 2.62 bits per heavy atom. The van der Waals surface area contributed by atoms with Crippen molar-refractivity contribution in [3.05, 3.63) is 32.2 Å². The van der Waals surface area contributed by atoms with Crippen LogP contribution in [0.25, 0.3) is 0 Å². The maximum atomic E-state index is 12.4. The molecule has 0 aliphatic rings. The van der Waals surface area contributed by atoms with E-state index in [1.54, 1.807) is 0 Å². The van der Waals surface area contributed by atoms with Gasteiger partial charge in [0.2, 0.25) is 5.56 Å². The molecule has 6 heteroatoms. The molecule has 0 aliphatic carbocycles. The smallest absolute Gasteiger partial charge is 0.278 e. The molecule has 0 amide bonds. The highest BCUT2D eigenvalue weighted by Gasteiger charge is 2.15. The number of aromatic nitrogens is 1. The summed E-state index contributed by atoms with van der Waals surface area (Å²) in [5.74, 6) is 0. The summed E-state index contributed by atoms with van der Waals surface area (Å²) in [5, 5.41) is 0.268. The monoisotopic (exact) mass is 315 g/mol. The van der Waals surface area contributed by atoms with Gasteiger partial charge in [-0.15, -0.1) is 0 Å². The topological polar surface area (TPSA) is 32.9 Å². The lowest BCUT2D eigenvalue weighted by Gasteiger charge is -2.06. The lowest BCUT2D eigenvalue weighted by atomic mass is 10.2. The maximum Gasteiger partial charge on any atom is 0.278 e. The van der Waals surface area contributed by atoms with Crippen LogP contribution in [0.3, 0.4) is 0 Å². The molecule has 0 aromatic carbocycles. The number of rotatable bonds is 2. The molecule has 1 rings (SSSR count). The second-order valence-corrected chi connectivity index (χ2v) is 3.72. The molecule has 1 N–H and O–H groups in total. The van der Waals surface area contributed by atoms with E-state index in [2.05, 4.69) is 36.8 Å². The van der Waals surface area contributed by atoms with Crippen LogP contribution < -0.4 is 5.56 Å². The highest BCUT2D eigenvalue weighted by molar-refractivity contribution is 9.10. The van der Waals surface area contributed by atoms with E-state index in [0.717, 1.165) is 0 Å². The largest absolute Gasteiger partial charge is 0.321 e. The minimum atomic E-state index is -2.67. The minimum Gasteiger partial charge on any atom is -0.321 e. The molecule has 0 aliphatic heterocycles. The Morgan fingerprint density at radius 2 is 2.15 bits per heavy atom. The molecular weight excluding hydrogens is 312 g/mol. The molecule has 0 saturated carbocycles. The second kappa shape index (κ2) is 4.32. The summed E-state index contributed by atoms with van der Waals surface area (Å²) in [6.45, 7) is 0. The molecular formula is C7H5Br2F2NO. The molecule has 2 nitrogen and oxygen atoms in total. The number of nitrogens with one attached hydrogen (secondary N) is 1. The first-order valence-electron chi connectivity index (χ1n) is 3.32. The van der Waals surface area contributed by atoms with Crippen LogP contribution in [0.1, 0.15) is 17.7 Å². The van der Waals surface area contributed by atoms with Crippen LogP contribution in [0.2, 0.25) is 0 Å². The maximum absolute atomic E-state index is 12.4. The Kier molecular flexibility index (Phi) is 3.61. The second-order valence-electron chi connectivity index (χ2n) is 2.31. The predicted molar refractivity (Wildman–Crippen MR) is 52.4 cm³/mol. The zero-order valence-electron chi connectivity index (χ0n) is 6.28. The van der Waals surface area contributed by atoms with E-state index in [-0.39, 0.29) is 11.0 Å². The molecule has 1 heterocycles. The summed E-state index contributed by atoms with van der Waals surface area (Å²) in [5.41, 5.74) is -0.502. The van der Waals surface area contributed by atoms with E-state index < -0.39 is 12.0 Å². The van der Waals surface area contributed by atoms with Crippen molar-refractivity contribution in [3.63, 3.8) is 0 Å². The Hall–Kier alpha value is -0.230. The fourth-order valence-electron chi connectivity index (χ4n) is 0.897. The van der Waals surface area contributed by atoms with Crippen LogP contribution in [-0.2, 0) is 5.33 Å². The molecule has 0 saturated heterocycles. The Labute approximate surface area is 89.6 Å². The molecule has 72 valence electrons. The Balaban J connectivity index is 3.38. The first-order chi connectivity index (χ1) is 6.06. The SMILES string of the molecule is O=c1cc(Br)c(CBr)c(C(F)F)[nH]1. The third-order valence-corrected chi connectivity index (χ3v) is 2.75. The zero-order chi connectivity index (χ0) is 10.0. The van der Waals surface area contributed by atoms with E-state index in [1.807, 2.05) is 0 Å². The average Bonchev–Trinajstić information content (AvgIpc) is 2.02. The number of H-pyrrole nitrogens is 1. The zero-order valence-corrected chi connectivity index (χ0v) is 9.45. The predicted octanol–water partition coefficient (Wildman–Crippen LogP) is 2.97. The molecule has 0 radical (unpaired) electrons. The lowest BCUT2D eigenvalue weighted by Crippen LogP contribution is -2.11. The van der Waals surface area contributed by atoms with Gasteiger partial charge in [0, 0.05) is 21.4 Å². The van der Waals surface area contributed by atoms with Crippen molar-refractivity contribution in [1.29, 1.82) is 0 Å². The van der Waals surface area contributed by atoms with Crippen LogP contribution in [0.15, 0.2) is 15.3 Å². The lowest BCUT2D eigenvalue weighted by molar-refractivity contribution is 0.145. The Morgan fingerprint density at radius 1 is 1.54 bits per heavy atom. The standard InChI is InChI=1S/C7H5Br2F2NO/c8-2-3-4(9)1-5(13)12-6(3)7(10)11/h1,7H,2H2,(H,12,13). The number of hydrogen-bond acceptors (Lipinski definition) is 1. The van der Waals surface area contributed by atoms with E-state index in [1.165, 1.54) is 6.07 Å². The van der Waals surface area contributed by atoms with Crippen molar-refractivity contribution >= 4 is 31.9 Å². The molecule has 0 atom stereocenters. The first kappa shape index (κ1) is 10.8. The van der Waals surface area contributed by atoms with Crippen LogP contribution in [0.5, 0.6) is 0 Å². The average molecular weight is 317 g/mol. The van der Waals surface area contributed by atoms with Gasteiger partial charge < -0.3 is 4.98 Å². The molecule has 0 fully saturated rings. The van der Waals surface area contributed by atoms with Gasteiger partial charge in [-0.25, -0.2) is 8.78 Å². The quantitative estimate of drug-likeness (QED) is 0.836. The van der Waals surface area contributed by atoms with E-state index in [0.29, 0.717) is 10.0 Å². The van der Waals surface area contributed by atoms with Crippen molar-refractivity contribution in [1.82, 2.24) is 4.98 Å². The molecule has 13 heavy (non-hydrogen) atoms. The van der Waals surface area contributed by atoms with Crippen molar-refractivity contribution in [3.8, 4) is 0 Å². The van der Waals surface area contributed by atoms with E-state index in [4.69, 9.17) is 0 Å². The van der Waals surface area contributed by atoms with Gasteiger partial charge in [0.1, 0.15) is 0 Å². The third-order valence-electron chi connectivity index (χ3n) is 1.48.